The first-order chi connectivity index (χ1) is 9.85. The van der Waals surface area contributed by atoms with E-state index in [2.05, 4.69) is 35.3 Å². The molecule has 100 valence electrons. The van der Waals surface area contributed by atoms with E-state index in [1.807, 2.05) is 37.3 Å². The minimum absolute atomic E-state index is 0.686. The average Bonchev–Trinajstić information content (AvgIpc) is 2.89. The molecule has 3 heteroatoms. The quantitative estimate of drug-likeness (QED) is 0.681. The van der Waals surface area contributed by atoms with Crippen molar-refractivity contribution < 1.29 is 4.74 Å². The number of fused-ring (bicyclic) bond motifs is 1. The van der Waals surface area contributed by atoms with Crippen LogP contribution in [0, 0.1) is 0 Å². The van der Waals surface area contributed by atoms with E-state index in [0.717, 1.165) is 21.0 Å². The molecule has 0 spiro atoms. The Morgan fingerprint density at radius 3 is 2.75 bits per heavy atom. The number of nitrogens with zero attached hydrogens (tertiary/aromatic N) is 1. The van der Waals surface area contributed by atoms with Crippen LogP contribution in [-0.2, 0) is 0 Å². The van der Waals surface area contributed by atoms with Gasteiger partial charge in [0.05, 0.1) is 16.8 Å². The number of rotatable bonds is 4. The van der Waals surface area contributed by atoms with Crippen LogP contribution in [-0.4, -0.2) is 11.6 Å². The van der Waals surface area contributed by atoms with Gasteiger partial charge in [0.1, 0.15) is 10.8 Å². The van der Waals surface area contributed by atoms with E-state index in [-0.39, 0.29) is 0 Å². The second kappa shape index (κ2) is 5.88. The highest BCUT2D eigenvalue weighted by molar-refractivity contribution is 7.19. The summed E-state index contributed by atoms with van der Waals surface area (Å²) in [5.74, 6) is 0.905. The fourth-order valence-corrected chi connectivity index (χ4v) is 2.88. The van der Waals surface area contributed by atoms with Gasteiger partial charge in [0.2, 0.25) is 0 Å². The number of aromatic nitrogens is 1. The zero-order valence-electron chi connectivity index (χ0n) is 11.2. The van der Waals surface area contributed by atoms with Gasteiger partial charge in [-0.25, -0.2) is 4.98 Å². The van der Waals surface area contributed by atoms with Gasteiger partial charge in [0.15, 0.2) is 0 Å². The molecule has 20 heavy (non-hydrogen) atoms. The number of thiazole rings is 1. The fourth-order valence-electron chi connectivity index (χ4n) is 1.98. The summed E-state index contributed by atoms with van der Waals surface area (Å²) in [5, 5.41) is 1.01. The summed E-state index contributed by atoms with van der Waals surface area (Å²) in [7, 11) is 0. The van der Waals surface area contributed by atoms with Gasteiger partial charge in [-0.3, -0.25) is 0 Å². The lowest BCUT2D eigenvalue weighted by molar-refractivity contribution is 0.341. The van der Waals surface area contributed by atoms with Crippen LogP contribution < -0.4 is 4.74 Å². The van der Waals surface area contributed by atoms with Crippen molar-refractivity contribution in [1.29, 1.82) is 0 Å². The second-order valence-electron chi connectivity index (χ2n) is 4.36. The minimum Gasteiger partial charge on any atom is -0.494 e. The smallest absolute Gasteiger partial charge is 0.120 e. The maximum atomic E-state index is 5.51. The lowest BCUT2D eigenvalue weighted by Gasteiger charge is -2.00. The molecule has 1 heterocycles. The number of ether oxygens (including phenoxy) is 1. The largest absolute Gasteiger partial charge is 0.494 e. The zero-order valence-corrected chi connectivity index (χ0v) is 12.1. The third kappa shape index (κ3) is 2.89. The first-order valence-corrected chi connectivity index (χ1v) is 7.43. The van der Waals surface area contributed by atoms with Crippen molar-refractivity contribution in [2.45, 2.75) is 6.92 Å². The van der Waals surface area contributed by atoms with Crippen molar-refractivity contribution in [2.75, 3.05) is 6.61 Å². The van der Waals surface area contributed by atoms with Crippen LogP contribution in [0.4, 0.5) is 0 Å². The van der Waals surface area contributed by atoms with Gasteiger partial charge >= 0.3 is 0 Å². The molecule has 0 saturated carbocycles. The zero-order chi connectivity index (χ0) is 13.8. The summed E-state index contributed by atoms with van der Waals surface area (Å²) >= 11 is 1.68. The molecule has 2 aromatic carbocycles. The molecule has 0 amide bonds. The Hall–Kier alpha value is -2.13. The van der Waals surface area contributed by atoms with Gasteiger partial charge in [-0.2, -0.15) is 0 Å². The van der Waals surface area contributed by atoms with Crippen LogP contribution in [0.25, 0.3) is 22.4 Å². The third-order valence-corrected chi connectivity index (χ3v) is 3.89. The number of benzene rings is 2. The molecule has 0 aliphatic carbocycles. The highest BCUT2D eigenvalue weighted by Gasteiger charge is 2.03. The molecule has 3 rings (SSSR count). The van der Waals surface area contributed by atoms with Crippen molar-refractivity contribution in [1.82, 2.24) is 4.98 Å². The van der Waals surface area contributed by atoms with E-state index in [1.165, 1.54) is 5.56 Å². The molecule has 0 fully saturated rings. The molecular weight excluding hydrogens is 266 g/mol. The third-order valence-electron chi connectivity index (χ3n) is 2.91. The molecule has 1 aromatic heterocycles. The molecule has 0 bridgehead atoms. The monoisotopic (exact) mass is 281 g/mol. The van der Waals surface area contributed by atoms with Crippen molar-refractivity contribution in [2.24, 2.45) is 0 Å². The first kappa shape index (κ1) is 12.9. The molecule has 0 aliphatic heterocycles. The molecule has 0 unspecified atom stereocenters. The number of hydrogen-bond acceptors (Lipinski definition) is 3. The van der Waals surface area contributed by atoms with Gasteiger partial charge in [-0.15, -0.1) is 11.3 Å². The van der Waals surface area contributed by atoms with E-state index < -0.39 is 0 Å². The maximum absolute atomic E-state index is 5.51. The Morgan fingerprint density at radius 1 is 1.10 bits per heavy atom. The number of hydrogen-bond donors (Lipinski definition) is 0. The SMILES string of the molecule is CCOc1ccc2nc(/C=C/c3ccccc3)sc2c1. The van der Waals surface area contributed by atoms with Gasteiger partial charge in [0.25, 0.3) is 0 Å². The van der Waals surface area contributed by atoms with Gasteiger partial charge < -0.3 is 4.74 Å². The van der Waals surface area contributed by atoms with Crippen molar-refractivity contribution >= 4 is 33.7 Å². The van der Waals surface area contributed by atoms with Crippen molar-refractivity contribution in [3.8, 4) is 5.75 Å². The molecule has 3 aromatic rings. The molecule has 0 saturated heterocycles. The average molecular weight is 281 g/mol. The highest BCUT2D eigenvalue weighted by Crippen LogP contribution is 2.27. The standard InChI is InChI=1S/C17H15NOS/c1-2-19-14-9-10-15-16(12-14)20-17(18-15)11-8-13-6-4-3-5-7-13/h3-12H,2H2,1H3/b11-8+. The predicted molar refractivity (Wildman–Crippen MR) is 86.2 cm³/mol. The first-order valence-electron chi connectivity index (χ1n) is 6.61. The van der Waals surface area contributed by atoms with Crippen LogP contribution in [0.1, 0.15) is 17.5 Å². The Morgan fingerprint density at radius 2 is 1.95 bits per heavy atom. The molecule has 0 aliphatic rings. The van der Waals surface area contributed by atoms with E-state index in [1.54, 1.807) is 11.3 Å². The maximum Gasteiger partial charge on any atom is 0.120 e. The lowest BCUT2D eigenvalue weighted by Crippen LogP contribution is -1.89. The van der Waals surface area contributed by atoms with Gasteiger partial charge in [-0.1, -0.05) is 36.4 Å². The van der Waals surface area contributed by atoms with E-state index in [9.17, 15) is 0 Å². The van der Waals surface area contributed by atoms with Gasteiger partial charge in [0, 0.05) is 0 Å². The molecule has 0 radical (unpaired) electrons. The molecular formula is C17H15NOS. The topological polar surface area (TPSA) is 22.1 Å². The highest BCUT2D eigenvalue weighted by atomic mass is 32.1. The van der Waals surface area contributed by atoms with E-state index >= 15 is 0 Å². The normalized spacial score (nSPS) is 11.2. The van der Waals surface area contributed by atoms with Gasteiger partial charge in [-0.05, 0) is 36.8 Å². The van der Waals surface area contributed by atoms with Crippen LogP contribution in [0.15, 0.2) is 48.5 Å². The predicted octanol–water partition coefficient (Wildman–Crippen LogP) is 4.87. The summed E-state index contributed by atoms with van der Waals surface area (Å²) in [6.07, 6.45) is 4.14. The molecule has 2 nitrogen and oxygen atoms in total. The Labute approximate surface area is 122 Å². The van der Waals surface area contributed by atoms with Crippen molar-refractivity contribution in [3.63, 3.8) is 0 Å². The summed E-state index contributed by atoms with van der Waals surface area (Å²) in [5.41, 5.74) is 2.20. The summed E-state index contributed by atoms with van der Waals surface area (Å²) in [4.78, 5) is 4.61. The van der Waals surface area contributed by atoms with E-state index in [4.69, 9.17) is 4.74 Å². The van der Waals surface area contributed by atoms with Crippen LogP contribution in [0.2, 0.25) is 0 Å². The van der Waals surface area contributed by atoms with E-state index in [0.29, 0.717) is 6.61 Å². The molecule has 0 N–H and O–H groups in total. The Bertz CT molecular complexity index is 731. The lowest BCUT2D eigenvalue weighted by atomic mass is 10.2. The fraction of sp³-hybridized carbons (Fsp3) is 0.118. The van der Waals surface area contributed by atoms with Crippen LogP contribution in [0.5, 0.6) is 5.75 Å². The summed E-state index contributed by atoms with van der Waals surface area (Å²) < 4.78 is 6.67. The van der Waals surface area contributed by atoms with Crippen LogP contribution >= 0.6 is 11.3 Å². The summed E-state index contributed by atoms with van der Waals surface area (Å²) in [6, 6.07) is 16.3. The van der Waals surface area contributed by atoms with Crippen molar-refractivity contribution in [3.05, 3.63) is 59.1 Å². The van der Waals surface area contributed by atoms with Crippen LogP contribution in [0.3, 0.4) is 0 Å². The minimum atomic E-state index is 0.686. The summed E-state index contributed by atoms with van der Waals surface area (Å²) in [6.45, 7) is 2.68. The molecule has 0 atom stereocenters. The Kier molecular flexibility index (Phi) is 3.79. The second-order valence-corrected chi connectivity index (χ2v) is 5.42. The Balaban J connectivity index is 1.87.